The number of carboxylic acid groups (broad SMARTS) is 1. The van der Waals surface area contributed by atoms with Crippen LogP contribution in [-0.4, -0.2) is 27.6 Å². The molecule has 0 aliphatic carbocycles. The summed E-state index contributed by atoms with van der Waals surface area (Å²) in [6.07, 6.45) is 0. The van der Waals surface area contributed by atoms with Crippen molar-refractivity contribution in [2.45, 2.75) is 20.8 Å². The van der Waals surface area contributed by atoms with Gasteiger partial charge in [0, 0.05) is 17.9 Å². The number of hydrogen-bond donors (Lipinski definition) is 1. The van der Waals surface area contributed by atoms with Crippen LogP contribution in [0.3, 0.4) is 0 Å². The highest BCUT2D eigenvalue weighted by Crippen LogP contribution is 2.25. The molecule has 0 aliphatic heterocycles. The summed E-state index contributed by atoms with van der Waals surface area (Å²) in [4.78, 5) is 21.5. The minimum Gasteiger partial charge on any atom is -0.477 e. The van der Waals surface area contributed by atoms with Crippen molar-refractivity contribution in [1.82, 2.24) is 9.97 Å². The highest BCUT2D eigenvalue weighted by Gasteiger charge is 2.15. The molecule has 0 unspecified atom stereocenters. The molecule has 20 heavy (non-hydrogen) atoms. The van der Waals surface area contributed by atoms with Gasteiger partial charge < -0.3 is 10.0 Å². The third-order valence-electron chi connectivity index (χ3n) is 3.03. The molecule has 0 bridgehead atoms. The fourth-order valence-corrected chi connectivity index (χ4v) is 2.07. The second kappa shape index (κ2) is 5.69. The number of benzene rings is 1. The average molecular weight is 271 g/mol. The summed E-state index contributed by atoms with van der Waals surface area (Å²) >= 11 is 0. The van der Waals surface area contributed by atoms with Gasteiger partial charge in [-0.2, -0.15) is 0 Å². The molecule has 1 aromatic heterocycles. The monoisotopic (exact) mass is 271 g/mol. The number of aromatic carboxylic acids is 1. The molecule has 5 heteroatoms. The first-order chi connectivity index (χ1) is 9.52. The quantitative estimate of drug-likeness (QED) is 0.926. The van der Waals surface area contributed by atoms with E-state index in [4.69, 9.17) is 5.11 Å². The van der Waals surface area contributed by atoms with Gasteiger partial charge in [0.15, 0.2) is 5.69 Å². The molecule has 1 N–H and O–H groups in total. The van der Waals surface area contributed by atoms with E-state index >= 15 is 0 Å². The molecule has 1 heterocycles. The van der Waals surface area contributed by atoms with E-state index in [0.29, 0.717) is 18.2 Å². The van der Waals surface area contributed by atoms with Gasteiger partial charge in [0.25, 0.3) is 0 Å². The summed E-state index contributed by atoms with van der Waals surface area (Å²) in [7, 11) is 0. The van der Waals surface area contributed by atoms with Gasteiger partial charge in [-0.3, -0.25) is 0 Å². The van der Waals surface area contributed by atoms with Gasteiger partial charge in [-0.15, -0.1) is 0 Å². The highest BCUT2D eigenvalue weighted by atomic mass is 16.4. The van der Waals surface area contributed by atoms with Crippen LogP contribution >= 0.6 is 0 Å². The molecule has 0 saturated heterocycles. The second-order valence-corrected chi connectivity index (χ2v) is 4.53. The van der Waals surface area contributed by atoms with Gasteiger partial charge in [0.1, 0.15) is 0 Å². The molecule has 0 saturated carbocycles. The molecule has 0 radical (unpaired) electrons. The Balaban J connectivity index is 2.52. The summed E-state index contributed by atoms with van der Waals surface area (Å²) in [5, 5.41) is 9.10. The number of carboxylic acids is 1. The highest BCUT2D eigenvalue weighted by molar-refractivity contribution is 5.86. The molecule has 104 valence electrons. The SMILES string of the molecule is CCN(c1nc(C)cc(C(=O)O)n1)c1ccccc1C. The predicted molar refractivity (Wildman–Crippen MR) is 77.6 cm³/mol. The van der Waals surface area contributed by atoms with Crippen molar-refractivity contribution < 1.29 is 9.90 Å². The molecule has 2 rings (SSSR count). The van der Waals surface area contributed by atoms with Crippen molar-refractivity contribution >= 4 is 17.6 Å². The lowest BCUT2D eigenvalue weighted by Gasteiger charge is -2.23. The minimum absolute atomic E-state index is 0.0135. The fourth-order valence-electron chi connectivity index (χ4n) is 2.07. The van der Waals surface area contributed by atoms with Gasteiger partial charge in [0.2, 0.25) is 5.95 Å². The molecule has 2 aromatic rings. The molecule has 5 nitrogen and oxygen atoms in total. The number of aryl methyl sites for hydroxylation is 2. The first-order valence-electron chi connectivity index (χ1n) is 6.45. The van der Waals surface area contributed by atoms with Gasteiger partial charge in [0.05, 0.1) is 0 Å². The number of carbonyl (C=O) groups is 1. The Labute approximate surface area is 117 Å². The summed E-state index contributed by atoms with van der Waals surface area (Å²) in [5.41, 5.74) is 2.73. The standard InChI is InChI=1S/C15H17N3O2/c1-4-18(13-8-6-5-7-10(13)2)15-16-11(3)9-12(17-15)14(19)20/h5-9H,4H2,1-3H3,(H,19,20). The van der Waals surface area contributed by atoms with Crippen LogP contribution in [0.25, 0.3) is 0 Å². The number of hydrogen-bond acceptors (Lipinski definition) is 4. The second-order valence-electron chi connectivity index (χ2n) is 4.53. The Morgan fingerprint density at radius 1 is 1.25 bits per heavy atom. The normalized spacial score (nSPS) is 10.3. The van der Waals surface area contributed by atoms with Crippen LogP contribution < -0.4 is 4.90 Å². The van der Waals surface area contributed by atoms with E-state index in [1.165, 1.54) is 6.07 Å². The van der Waals surface area contributed by atoms with E-state index in [0.717, 1.165) is 11.3 Å². The predicted octanol–water partition coefficient (Wildman–Crippen LogP) is 2.95. The van der Waals surface area contributed by atoms with E-state index < -0.39 is 5.97 Å². The van der Waals surface area contributed by atoms with E-state index in [1.54, 1.807) is 6.92 Å². The zero-order valence-electron chi connectivity index (χ0n) is 11.8. The Morgan fingerprint density at radius 2 is 1.95 bits per heavy atom. The van der Waals surface area contributed by atoms with Gasteiger partial charge >= 0.3 is 5.97 Å². The lowest BCUT2D eigenvalue weighted by Crippen LogP contribution is -2.21. The smallest absolute Gasteiger partial charge is 0.354 e. The zero-order valence-corrected chi connectivity index (χ0v) is 11.8. The molecule has 0 amide bonds. The molecule has 1 aromatic carbocycles. The summed E-state index contributed by atoms with van der Waals surface area (Å²) in [6, 6.07) is 9.36. The lowest BCUT2D eigenvalue weighted by molar-refractivity contribution is 0.0690. The minimum atomic E-state index is -1.04. The molecular formula is C15H17N3O2. The maximum absolute atomic E-state index is 11.1. The lowest BCUT2D eigenvalue weighted by atomic mass is 10.2. The van der Waals surface area contributed by atoms with Crippen LogP contribution in [0.4, 0.5) is 11.6 Å². The molecule has 0 spiro atoms. The van der Waals surface area contributed by atoms with Crippen LogP contribution in [0.15, 0.2) is 30.3 Å². The van der Waals surface area contributed by atoms with E-state index in [1.807, 2.05) is 43.0 Å². The first-order valence-corrected chi connectivity index (χ1v) is 6.45. The van der Waals surface area contributed by atoms with Crippen molar-refractivity contribution in [3.05, 3.63) is 47.3 Å². The molecule has 0 aliphatic rings. The van der Waals surface area contributed by atoms with E-state index in [9.17, 15) is 4.79 Å². The Hall–Kier alpha value is -2.43. The van der Waals surface area contributed by atoms with Crippen LogP contribution in [0.5, 0.6) is 0 Å². The maximum Gasteiger partial charge on any atom is 0.354 e. The van der Waals surface area contributed by atoms with Crippen LogP contribution in [0, 0.1) is 13.8 Å². The van der Waals surface area contributed by atoms with Gasteiger partial charge in [-0.05, 0) is 38.5 Å². The Bertz CT molecular complexity index is 641. The molecular weight excluding hydrogens is 254 g/mol. The number of aromatic nitrogens is 2. The molecule has 0 fully saturated rings. The third-order valence-corrected chi connectivity index (χ3v) is 3.03. The third kappa shape index (κ3) is 2.77. The van der Waals surface area contributed by atoms with Crippen LogP contribution in [0.2, 0.25) is 0 Å². The Morgan fingerprint density at radius 3 is 2.55 bits per heavy atom. The zero-order chi connectivity index (χ0) is 14.7. The number of rotatable bonds is 4. The van der Waals surface area contributed by atoms with Crippen molar-refractivity contribution in [2.75, 3.05) is 11.4 Å². The maximum atomic E-state index is 11.1. The average Bonchev–Trinajstić information content (AvgIpc) is 2.41. The Kier molecular flexibility index (Phi) is 3.98. The fraction of sp³-hybridized carbons (Fsp3) is 0.267. The van der Waals surface area contributed by atoms with Crippen molar-refractivity contribution in [1.29, 1.82) is 0 Å². The summed E-state index contributed by atoms with van der Waals surface area (Å²) < 4.78 is 0. The van der Waals surface area contributed by atoms with Crippen LogP contribution in [-0.2, 0) is 0 Å². The number of nitrogens with zero attached hydrogens (tertiary/aromatic N) is 3. The van der Waals surface area contributed by atoms with Crippen LogP contribution in [0.1, 0.15) is 28.7 Å². The summed E-state index contributed by atoms with van der Waals surface area (Å²) in [5.74, 6) is -0.628. The molecule has 0 atom stereocenters. The number of para-hydroxylation sites is 1. The van der Waals surface area contributed by atoms with Crippen molar-refractivity contribution in [3.8, 4) is 0 Å². The van der Waals surface area contributed by atoms with Crippen molar-refractivity contribution in [3.63, 3.8) is 0 Å². The largest absolute Gasteiger partial charge is 0.477 e. The van der Waals surface area contributed by atoms with Gasteiger partial charge in [-0.25, -0.2) is 14.8 Å². The summed E-state index contributed by atoms with van der Waals surface area (Å²) in [6.45, 7) is 6.42. The first kappa shape index (κ1) is 14.0. The van der Waals surface area contributed by atoms with E-state index in [2.05, 4.69) is 9.97 Å². The van der Waals surface area contributed by atoms with Gasteiger partial charge in [-0.1, -0.05) is 18.2 Å². The number of anilines is 2. The van der Waals surface area contributed by atoms with Crippen molar-refractivity contribution in [2.24, 2.45) is 0 Å². The van der Waals surface area contributed by atoms with E-state index in [-0.39, 0.29) is 5.69 Å². The topological polar surface area (TPSA) is 66.3 Å².